The van der Waals surface area contributed by atoms with E-state index in [4.69, 9.17) is 5.11 Å². The van der Waals surface area contributed by atoms with E-state index < -0.39 is 0 Å². The van der Waals surface area contributed by atoms with Crippen LogP contribution in [0, 0.1) is 0 Å². The monoisotopic (exact) mass is 443 g/mol. The van der Waals surface area contributed by atoms with Crippen LogP contribution in [0.1, 0.15) is 37.1 Å². The van der Waals surface area contributed by atoms with Crippen LogP contribution in [-0.4, -0.2) is 34.8 Å². The second-order valence-electron chi connectivity index (χ2n) is 8.31. The number of aliphatic hydroxyl groups excluding tert-OH is 1. The van der Waals surface area contributed by atoms with E-state index in [1.807, 2.05) is 12.3 Å². The van der Waals surface area contributed by atoms with Gasteiger partial charge in [0.1, 0.15) is 0 Å². The lowest BCUT2D eigenvalue weighted by Crippen LogP contribution is -2.21. The van der Waals surface area contributed by atoms with Crippen LogP contribution in [0.25, 0.3) is 10.9 Å². The molecule has 0 radical (unpaired) electrons. The number of H-pyrrole nitrogens is 1. The predicted octanol–water partition coefficient (Wildman–Crippen LogP) is 5.38. The number of aromatic amines is 1. The Morgan fingerprint density at radius 3 is 2.61 bits per heavy atom. The van der Waals surface area contributed by atoms with Gasteiger partial charge in [0.05, 0.1) is 5.69 Å². The van der Waals surface area contributed by atoms with Crippen molar-refractivity contribution in [2.75, 3.05) is 30.3 Å². The van der Waals surface area contributed by atoms with Gasteiger partial charge >= 0.3 is 0 Å². The van der Waals surface area contributed by atoms with Crippen molar-refractivity contribution < 1.29 is 5.11 Å². The third-order valence-electron chi connectivity index (χ3n) is 5.83. The summed E-state index contributed by atoms with van der Waals surface area (Å²) >= 11 is 0. The van der Waals surface area contributed by atoms with Crippen molar-refractivity contribution in [2.45, 2.75) is 32.2 Å². The number of benzene rings is 2. The molecule has 2 aromatic heterocycles. The summed E-state index contributed by atoms with van der Waals surface area (Å²) in [7, 11) is 0. The molecule has 1 unspecified atom stereocenters. The third-order valence-corrected chi connectivity index (χ3v) is 5.83. The Hall–Kier alpha value is -3.35. The van der Waals surface area contributed by atoms with Crippen LogP contribution < -0.4 is 16.0 Å². The number of para-hydroxylation sites is 1. The average molecular weight is 444 g/mol. The molecule has 33 heavy (non-hydrogen) atoms. The maximum atomic E-state index is 8.91. The highest BCUT2D eigenvalue weighted by Crippen LogP contribution is 2.22. The molecule has 0 amide bonds. The largest absolute Gasteiger partial charge is 0.396 e. The van der Waals surface area contributed by atoms with Gasteiger partial charge in [-0.1, -0.05) is 18.2 Å². The fourth-order valence-corrected chi connectivity index (χ4v) is 3.94. The normalized spacial score (nSPS) is 12.1. The molecule has 0 aliphatic rings. The van der Waals surface area contributed by atoms with Crippen molar-refractivity contribution in [1.29, 1.82) is 0 Å². The SMILES string of the molecule is CC(NCCCCO)c1cc(Nc2ccc(NCCc3c[nH]c4ccccc34)cc2)ccn1. The first-order valence-electron chi connectivity index (χ1n) is 11.7. The molecule has 0 saturated carbocycles. The molecule has 6 heteroatoms. The molecule has 0 aliphatic heterocycles. The highest BCUT2D eigenvalue weighted by molar-refractivity contribution is 5.83. The van der Waals surface area contributed by atoms with Gasteiger partial charge in [0.2, 0.25) is 0 Å². The summed E-state index contributed by atoms with van der Waals surface area (Å²) in [6, 6.07) is 21.0. The zero-order valence-corrected chi connectivity index (χ0v) is 19.1. The van der Waals surface area contributed by atoms with E-state index in [0.717, 1.165) is 55.1 Å². The quantitative estimate of drug-likeness (QED) is 0.190. The number of rotatable bonds is 12. The summed E-state index contributed by atoms with van der Waals surface area (Å²) in [6.45, 7) is 4.11. The lowest BCUT2D eigenvalue weighted by Gasteiger charge is -2.15. The molecule has 172 valence electrons. The van der Waals surface area contributed by atoms with Crippen LogP contribution in [-0.2, 0) is 6.42 Å². The van der Waals surface area contributed by atoms with Gasteiger partial charge in [0, 0.05) is 59.6 Å². The fourth-order valence-electron chi connectivity index (χ4n) is 3.94. The summed E-state index contributed by atoms with van der Waals surface area (Å²) < 4.78 is 0. The minimum atomic E-state index is 0.161. The van der Waals surface area contributed by atoms with E-state index in [1.165, 1.54) is 16.5 Å². The summed E-state index contributed by atoms with van der Waals surface area (Å²) in [4.78, 5) is 7.84. The molecular weight excluding hydrogens is 410 g/mol. The summed E-state index contributed by atoms with van der Waals surface area (Å²) in [5, 5.41) is 20.6. The van der Waals surface area contributed by atoms with Crippen molar-refractivity contribution in [3.05, 3.63) is 84.3 Å². The number of nitrogens with one attached hydrogen (secondary N) is 4. The van der Waals surface area contributed by atoms with Crippen LogP contribution in [0.5, 0.6) is 0 Å². The van der Waals surface area contributed by atoms with Crippen molar-refractivity contribution >= 4 is 28.0 Å². The molecule has 0 saturated heterocycles. The smallest absolute Gasteiger partial charge is 0.0590 e. The minimum absolute atomic E-state index is 0.161. The number of fused-ring (bicyclic) bond motifs is 1. The van der Waals surface area contributed by atoms with Crippen LogP contribution in [0.15, 0.2) is 73.1 Å². The molecule has 0 fully saturated rings. The molecule has 6 nitrogen and oxygen atoms in total. The molecule has 4 rings (SSSR count). The summed E-state index contributed by atoms with van der Waals surface area (Å²) in [5.74, 6) is 0. The van der Waals surface area contributed by atoms with Gasteiger partial charge in [-0.05, 0) is 80.8 Å². The molecule has 2 aromatic carbocycles. The second-order valence-corrected chi connectivity index (χ2v) is 8.31. The topological polar surface area (TPSA) is 85.0 Å². The zero-order chi connectivity index (χ0) is 22.9. The first-order valence-corrected chi connectivity index (χ1v) is 11.7. The van der Waals surface area contributed by atoms with E-state index in [-0.39, 0.29) is 12.6 Å². The lowest BCUT2D eigenvalue weighted by atomic mass is 10.1. The van der Waals surface area contributed by atoms with Gasteiger partial charge < -0.3 is 26.0 Å². The van der Waals surface area contributed by atoms with Crippen molar-refractivity contribution in [3.8, 4) is 0 Å². The summed E-state index contributed by atoms with van der Waals surface area (Å²) in [6.07, 6.45) is 6.69. The number of nitrogens with zero attached hydrogens (tertiary/aromatic N) is 1. The van der Waals surface area contributed by atoms with Gasteiger partial charge in [-0.2, -0.15) is 0 Å². The highest BCUT2D eigenvalue weighted by Gasteiger charge is 2.07. The first kappa shape index (κ1) is 22.8. The number of aromatic nitrogens is 2. The third kappa shape index (κ3) is 6.34. The molecule has 5 N–H and O–H groups in total. The van der Waals surface area contributed by atoms with Gasteiger partial charge in [0.15, 0.2) is 0 Å². The maximum absolute atomic E-state index is 8.91. The van der Waals surface area contributed by atoms with Gasteiger partial charge in [-0.15, -0.1) is 0 Å². The van der Waals surface area contributed by atoms with Crippen molar-refractivity contribution in [3.63, 3.8) is 0 Å². The Morgan fingerprint density at radius 2 is 1.76 bits per heavy atom. The van der Waals surface area contributed by atoms with Crippen LogP contribution >= 0.6 is 0 Å². The van der Waals surface area contributed by atoms with Crippen LogP contribution in [0.2, 0.25) is 0 Å². The molecule has 2 heterocycles. The number of hydrogen-bond donors (Lipinski definition) is 5. The number of unbranched alkanes of at least 4 members (excludes halogenated alkanes) is 1. The number of hydrogen-bond acceptors (Lipinski definition) is 5. The standard InChI is InChI=1S/C27H33N5O/c1-20(28-14-4-5-17-33)27-18-24(13-16-30-27)32-23-10-8-22(9-11-23)29-15-12-21-19-31-26-7-3-2-6-25(21)26/h2-3,6-11,13,16,18-20,28-29,31,33H,4-5,12,14-15,17H2,1H3,(H,30,32). The van der Waals surface area contributed by atoms with Crippen molar-refractivity contribution in [1.82, 2.24) is 15.3 Å². The predicted molar refractivity (Wildman–Crippen MR) is 137 cm³/mol. The van der Waals surface area contributed by atoms with Gasteiger partial charge in [-0.3, -0.25) is 4.98 Å². The van der Waals surface area contributed by atoms with E-state index >= 15 is 0 Å². The lowest BCUT2D eigenvalue weighted by molar-refractivity contribution is 0.283. The molecule has 0 bridgehead atoms. The Balaban J connectivity index is 1.28. The van der Waals surface area contributed by atoms with Crippen LogP contribution in [0.3, 0.4) is 0 Å². The molecular formula is C27H33N5O. The van der Waals surface area contributed by atoms with Crippen molar-refractivity contribution in [2.24, 2.45) is 0 Å². The Kier molecular flexibility index (Phi) is 7.95. The number of aliphatic hydroxyl groups is 1. The molecule has 1 atom stereocenters. The van der Waals surface area contributed by atoms with Crippen LogP contribution in [0.4, 0.5) is 17.1 Å². The minimum Gasteiger partial charge on any atom is -0.396 e. The number of anilines is 3. The molecule has 4 aromatic rings. The number of pyridine rings is 1. The van der Waals surface area contributed by atoms with Gasteiger partial charge in [-0.25, -0.2) is 0 Å². The zero-order valence-electron chi connectivity index (χ0n) is 19.1. The Morgan fingerprint density at radius 1 is 0.939 bits per heavy atom. The molecule has 0 aliphatic carbocycles. The second kappa shape index (κ2) is 11.5. The molecule has 0 spiro atoms. The summed E-state index contributed by atoms with van der Waals surface area (Å²) in [5.41, 5.74) is 6.69. The average Bonchev–Trinajstić information content (AvgIpc) is 3.26. The Labute approximate surface area is 195 Å². The van der Waals surface area contributed by atoms with E-state index in [9.17, 15) is 0 Å². The van der Waals surface area contributed by atoms with Gasteiger partial charge in [0.25, 0.3) is 0 Å². The first-order chi connectivity index (χ1) is 16.2. The fraction of sp³-hybridized carbons (Fsp3) is 0.296. The maximum Gasteiger partial charge on any atom is 0.0590 e. The Bertz CT molecular complexity index is 1140. The van der Waals surface area contributed by atoms with E-state index in [1.54, 1.807) is 0 Å². The van der Waals surface area contributed by atoms with E-state index in [0.29, 0.717) is 0 Å². The van der Waals surface area contributed by atoms with E-state index in [2.05, 4.69) is 93.6 Å². The highest BCUT2D eigenvalue weighted by atomic mass is 16.2.